The molecule has 0 radical (unpaired) electrons. The average molecular weight is 298 g/mol. The maximum atomic E-state index is 11.6. The van der Waals surface area contributed by atoms with Crippen molar-refractivity contribution in [2.45, 2.75) is 0 Å². The minimum Gasteiger partial charge on any atom is -0.497 e. The van der Waals surface area contributed by atoms with Crippen LogP contribution in [0.1, 0.15) is 10.4 Å². The highest BCUT2D eigenvalue weighted by atomic mass is 16.5. The van der Waals surface area contributed by atoms with Gasteiger partial charge < -0.3 is 15.2 Å². The molecule has 2 aromatic heterocycles. The minimum absolute atomic E-state index is 0.180. The number of esters is 1. The highest BCUT2D eigenvalue weighted by Crippen LogP contribution is 2.27. The molecule has 0 amide bonds. The van der Waals surface area contributed by atoms with Gasteiger partial charge >= 0.3 is 5.97 Å². The number of methoxy groups -OCH3 is 2. The summed E-state index contributed by atoms with van der Waals surface area (Å²) in [5.74, 6) is 0.408. The van der Waals surface area contributed by atoms with Crippen molar-refractivity contribution in [1.29, 1.82) is 0 Å². The molecule has 0 bridgehead atoms. The molecule has 0 spiro atoms. The van der Waals surface area contributed by atoms with Crippen molar-refractivity contribution < 1.29 is 14.3 Å². The summed E-state index contributed by atoms with van der Waals surface area (Å²) in [7, 11) is 2.90. The van der Waals surface area contributed by atoms with Crippen molar-refractivity contribution in [3.05, 3.63) is 42.2 Å². The fourth-order valence-corrected chi connectivity index (χ4v) is 2.19. The quantitative estimate of drug-likeness (QED) is 0.741. The number of ether oxygens (including phenoxy) is 2. The van der Waals surface area contributed by atoms with Gasteiger partial charge in [-0.05, 0) is 17.7 Å². The minimum atomic E-state index is -0.548. The van der Waals surface area contributed by atoms with Crippen LogP contribution in [0.5, 0.6) is 5.75 Å². The van der Waals surface area contributed by atoms with Gasteiger partial charge in [-0.1, -0.05) is 12.1 Å². The molecule has 22 heavy (non-hydrogen) atoms. The van der Waals surface area contributed by atoms with Gasteiger partial charge in [0.2, 0.25) is 0 Å². The van der Waals surface area contributed by atoms with Gasteiger partial charge in [-0.15, -0.1) is 0 Å². The summed E-state index contributed by atoms with van der Waals surface area (Å²) in [6.45, 7) is 0. The normalized spacial score (nSPS) is 10.6. The Hall–Kier alpha value is -3.09. The van der Waals surface area contributed by atoms with Gasteiger partial charge in [0.25, 0.3) is 0 Å². The van der Waals surface area contributed by atoms with Gasteiger partial charge in [-0.25, -0.2) is 9.78 Å². The Kier molecular flexibility index (Phi) is 3.38. The van der Waals surface area contributed by atoms with Crippen molar-refractivity contribution in [1.82, 2.24) is 14.6 Å². The molecular weight excluding hydrogens is 284 g/mol. The number of hydrogen-bond acceptors (Lipinski definition) is 6. The number of nitrogens with two attached hydrogens (primary N) is 1. The van der Waals surface area contributed by atoms with E-state index >= 15 is 0 Å². The second-order valence-electron chi connectivity index (χ2n) is 4.57. The first kappa shape index (κ1) is 13.9. The first-order valence-electron chi connectivity index (χ1n) is 6.50. The van der Waals surface area contributed by atoms with E-state index in [0.29, 0.717) is 5.65 Å². The molecule has 2 heterocycles. The molecule has 0 saturated heterocycles. The average Bonchev–Trinajstić information content (AvgIpc) is 2.99. The smallest absolute Gasteiger partial charge is 0.343 e. The maximum Gasteiger partial charge on any atom is 0.343 e. The van der Waals surface area contributed by atoms with E-state index in [0.717, 1.165) is 16.9 Å². The first-order valence-corrected chi connectivity index (χ1v) is 6.50. The van der Waals surface area contributed by atoms with E-state index in [1.807, 2.05) is 24.3 Å². The number of benzene rings is 1. The van der Waals surface area contributed by atoms with Crippen LogP contribution >= 0.6 is 0 Å². The summed E-state index contributed by atoms with van der Waals surface area (Å²) in [5, 5.41) is 4.20. The third-order valence-corrected chi connectivity index (χ3v) is 3.37. The van der Waals surface area contributed by atoms with Crippen LogP contribution < -0.4 is 10.5 Å². The van der Waals surface area contributed by atoms with Crippen LogP contribution in [0.2, 0.25) is 0 Å². The molecule has 2 N–H and O–H groups in total. The summed E-state index contributed by atoms with van der Waals surface area (Å²) in [6, 6.07) is 7.51. The molecule has 7 nitrogen and oxygen atoms in total. The number of fused-ring (bicyclic) bond motifs is 1. The van der Waals surface area contributed by atoms with E-state index in [2.05, 4.69) is 14.8 Å². The van der Waals surface area contributed by atoms with Crippen LogP contribution in [0.3, 0.4) is 0 Å². The fourth-order valence-electron chi connectivity index (χ4n) is 2.19. The molecule has 7 heteroatoms. The van der Waals surface area contributed by atoms with Crippen molar-refractivity contribution in [2.75, 3.05) is 20.0 Å². The largest absolute Gasteiger partial charge is 0.497 e. The van der Waals surface area contributed by atoms with Crippen LogP contribution in [-0.4, -0.2) is 34.8 Å². The van der Waals surface area contributed by atoms with E-state index in [4.69, 9.17) is 10.5 Å². The second-order valence-corrected chi connectivity index (χ2v) is 4.57. The number of nitrogens with zero attached hydrogens (tertiary/aromatic N) is 3. The van der Waals surface area contributed by atoms with E-state index in [1.165, 1.54) is 17.8 Å². The van der Waals surface area contributed by atoms with Crippen LogP contribution in [-0.2, 0) is 4.74 Å². The number of nitrogen functional groups attached to an aromatic ring is 1. The van der Waals surface area contributed by atoms with Crippen molar-refractivity contribution >= 4 is 17.4 Å². The molecule has 0 aliphatic rings. The number of carbonyl (C=O) groups excluding carboxylic acids is 1. The van der Waals surface area contributed by atoms with Crippen LogP contribution in [0, 0.1) is 0 Å². The van der Waals surface area contributed by atoms with Crippen molar-refractivity contribution in [3.63, 3.8) is 0 Å². The topological polar surface area (TPSA) is 91.7 Å². The zero-order valence-electron chi connectivity index (χ0n) is 12.1. The lowest BCUT2D eigenvalue weighted by molar-refractivity contribution is 0.0601. The lowest BCUT2D eigenvalue weighted by Crippen LogP contribution is -2.11. The zero-order chi connectivity index (χ0) is 15.7. The highest BCUT2D eigenvalue weighted by Gasteiger charge is 2.17. The van der Waals surface area contributed by atoms with Crippen LogP contribution in [0.25, 0.3) is 16.8 Å². The number of anilines is 1. The van der Waals surface area contributed by atoms with Gasteiger partial charge in [-0.3, -0.25) is 0 Å². The maximum absolute atomic E-state index is 11.6. The highest BCUT2D eigenvalue weighted by molar-refractivity contribution is 5.94. The number of carbonyl (C=O) groups is 1. The second kappa shape index (κ2) is 5.36. The molecule has 3 rings (SSSR count). The summed E-state index contributed by atoms with van der Waals surface area (Å²) >= 11 is 0. The lowest BCUT2D eigenvalue weighted by Gasteiger charge is -2.06. The van der Waals surface area contributed by atoms with E-state index in [9.17, 15) is 4.79 Å². The summed E-state index contributed by atoms with van der Waals surface area (Å²) in [4.78, 5) is 15.9. The SMILES string of the molecule is COC(=O)c1cnc2c(-c3ccc(OC)cc3)cnn2c1N. The van der Waals surface area contributed by atoms with Crippen molar-refractivity contribution in [3.8, 4) is 16.9 Å². The van der Waals surface area contributed by atoms with Crippen molar-refractivity contribution in [2.24, 2.45) is 0 Å². The lowest BCUT2D eigenvalue weighted by atomic mass is 10.1. The monoisotopic (exact) mass is 298 g/mol. The van der Waals surface area contributed by atoms with E-state index in [1.54, 1.807) is 13.3 Å². The van der Waals surface area contributed by atoms with Gasteiger partial charge in [0.1, 0.15) is 17.1 Å². The number of hydrogen-bond donors (Lipinski definition) is 1. The van der Waals surface area contributed by atoms with Gasteiger partial charge in [-0.2, -0.15) is 9.61 Å². The van der Waals surface area contributed by atoms with E-state index < -0.39 is 5.97 Å². The Labute approximate surface area is 126 Å². The predicted molar refractivity (Wildman–Crippen MR) is 80.7 cm³/mol. The Morgan fingerprint density at radius 2 is 1.91 bits per heavy atom. The summed E-state index contributed by atoms with van der Waals surface area (Å²) < 4.78 is 11.2. The molecule has 0 aliphatic carbocycles. The molecule has 3 aromatic rings. The molecule has 112 valence electrons. The number of aromatic nitrogens is 3. The third-order valence-electron chi connectivity index (χ3n) is 3.37. The number of rotatable bonds is 3. The van der Waals surface area contributed by atoms with Gasteiger partial charge in [0.05, 0.1) is 20.4 Å². The summed E-state index contributed by atoms with van der Waals surface area (Å²) in [5.41, 5.74) is 8.45. The Morgan fingerprint density at radius 3 is 2.55 bits per heavy atom. The Balaban J connectivity index is 2.12. The van der Waals surface area contributed by atoms with Crippen LogP contribution in [0.4, 0.5) is 5.82 Å². The van der Waals surface area contributed by atoms with Crippen LogP contribution in [0.15, 0.2) is 36.7 Å². The van der Waals surface area contributed by atoms with Gasteiger partial charge in [0.15, 0.2) is 5.65 Å². The molecular formula is C15H14N4O3. The molecule has 0 unspecified atom stereocenters. The fraction of sp³-hybridized carbons (Fsp3) is 0.133. The molecule has 1 aromatic carbocycles. The van der Waals surface area contributed by atoms with E-state index in [-0.39, 0.29) is 11.4 Å². The standard InChI is InChI=1S/C15H14N4O3/c1-21-10-5-3-9(4-6-10)11-8-18-19-13(16)12(15(20)22-2)7-17-14(11)19/h3-8H,16H2,1-2H3. The summed E-state index contributed by atoms with van der Waals surface area (Å²) in [6.07, 6.45) is 3.05. The van der Waals surface area contributed by atoms with Gasteiger partial charge in [0, 0.05) is 11.8 Å². The molecule has 0 aliphatic heterocycles. The predicted octanol–water partition coefficient (Wildman–Crippen LogP) is 1.77. The first-order chi connectivity index (χ1) is 10.7. The molecule has 0 atom stereocenters. The third kappa shape index (κ3) is 2.12. The Morgan fingerprint density at radius 1 is 1.18 bits per heavy atom. The zero-order valence-corrected chi connectivity index (χ0v) is 12.1. The molecule has 0 fully saturated rings. The molecule has 0 saturated carbocycles. The Bertz CT molecular complexity index is 840.